The summed E-state index contributed by atoms with van der Waals surface area (Å²) in [4.78, 5) is 4.97. The van der Waals surface area contributed by atoms with Gasteiger partial charge in [-0.2, -0.15) is 0 Å². The van der Waals surface area contributed by atoms with E-state index >= 15 is 0 Å². The average Bonchev–Trinajstić information content (AvgIpc) is 2.74. The van der Waals surface area contributed by atoms with Crippen LogP contribution in [-0.4, -0.2) is 10.8 Å². The summed E-state index contributed by atoms with van der Waals surface area (Å²) in [5, 5.41) is 11.2. The molecule has 0 aliphatic heterocycles. The van der Waals surface area contributed by atoms with Crippen LogP contribution in [0.3, 0.4) is 0 Å². The first-order valence-electron chi connectivity index (χ1n) is 3.59. The molecular weight excluding hydrogens is 238 g/mol. The molecule has 2 rings (SSSR count). The van der Waals surface area contributed by atoms with Crippen LogP contribution < -0.4 is 5.73 Å². The summed E-state index contributed by atoms with van der Waals surface area (Å²) < 4.78 is 0. The van der Waals surface area contributed by atoms with Gasteiger partial charge in [0.05, 0.1) is 16.1 Å². The molecule has 0 saturated heterocycles. The summed E-state index contributed by atoms with van der Waals surface area (Å²) in [7, 11) is 0. The monoisotopic (exact) mass is 245 g/mol. The number of nitrogens with one attached hydrogen (secondary N) is 1. The molecule has 0 aliphatic carbocycles. The minimum absolute atomic E-state index is 0. The first-order chi connectivity index (χ1) is 6.29. The highest BCUT2D eigenvalue weighted by molar-refractivity contribution is 7.12. The molecule has 0 aliphatic rings. The van der Waals surface area contributed by atoms with E-state index in [4.69, 9.17) is 11.1 Å². The topological polar surface area (TPSA) is 62.8 Å². The minimum atomic E-state index is 0. The third-order valence-electron chi connectivity index (χ3n) is 1.62. The fraction of sp³-hybridized carbons (Fsp3) is 0. The summed E-state index contributed by atoms with van der Waals surface area (Å²) >= 11 is 3.01. The van der Waals surface area contributed by atoms with E-state index in [1.807, 2.05) is 16.8 Å². The normalized spacial score (nSPS) is 9.43. The minimum Gasteiger partial charge on any atom is -0.383 e. The van der Waals surface area contributed by atoms with Crippen molar-refractivity contribution in [3.63, 3.8) is 0 Å². The fourth-order valence-electron chi connectivity index (χ4n) is 1.07. The number of nitrogen functional groups attached to an aromatic ring is 1. The Labute approximate surface area is 95.5 Å². The van der Waals surface area contributed by atoms with Crippen molar-refractivity contribution in [2.24, 2.45) is 5.73 Å². The molecule has 0 saturated carbocycles. The van der Waals surface area contributed by atoms with Gasteiger partial charge in [0, 0.05) is 10.9 Å². The molecule has 0 amide bonds. The first-order valence-corrected chi connectivity index (χ1v) is 5.41. The standard InChI is InChI=1S/C8H7N3S2.ClH/c9-8(10)7-5(1-2-13-7)6-3-12-4-11-6;/h1-4H,(H3,9,10);1H. The van der Waals surface area contributed by atoms with Crippen molar-refractivity contribution >= 4 is 40.9 Å². The number of nitrogens with two attached hydrogens (primary N) is 1. The van der Waals surface area contributed by atoms with Gasteiger partial charge in [0.2, 0.25) is 0 Å². The zero-order valence-electron chi connectivity index (χ0n) is 7.06. The summed E-state index contributed by atoms with van der Waals surface area (Å²) in [5.41, 5.74) is 9.07. The molecule has 0 bridgehead atoms. The number of amidine groups is 1. The summed E-state index contributed by atoms with van der Waals surface area (Å²) in [6.45, 7) is 0. The van der Waals surface area contributed by atoms with Crippen LogP contribution in [0.1, 0.15) is 4.88 Å². The van der Waals surface area contributed by atoms with E-state index in [0.29, 0.717) is 0 Å². The lowest BCUT2D eigenvalue weighted by atomic mass is 10.2. The SMILES string of the molecule is Cl.N=C(N)c1sccc1-c1cscn1. The number of hydrogen-bond donors (Lipinski definition) is 2. The number of aromatic nitrogens is 1. The van der Waals surface area contributed by atoms with E-state index in [2.05, 4.69) is 4.98 Å². The van der Waals surface area contributed by atoms with Crippen molar-refractivity contribution in [1.82, 2.24) is 4.98 Å². The molecule has 3 nitrogen and oxygen atoms in total. The number of hydrogen-bond acceptors (Lipinski definition) is 4. The van der Waals surface area contributed by atoms with Gasteiger partial charge in [0.25, 0.3) is 0 Å². The molecule has 0 aromatic carbocycles. The van der Waals surface area contributed by atoms with Gasteiger partial charge in [-0.1, -0.05) is 0 Å². The maximum absolute atomic E-state index is 7.36. The van der Waals surface area contributed by atoms with Crippen LogP contribution in [0.15, 0.2) is 22.3 Å². The average molecular weight is 246 g/mol. The van der Waals surface area contributed by atoms with Crippen molar-refractivity contribution in [2.75, 3.05) is 0 Å². The summed E-state index contributed by atoms with van der Waals surface area (Å²) in [5.74, 6) is 0.109. The maximum Gasteiger partial charge on any atom is 0.133 e. The van der Waals surface area contributed by atoms with Gasteiger partial charge >= 0.3 is 0 Å². The van der Waals surface area contributed by atoms with Gasteiger partial charge < -0.3 is 5.73 Å². The van der Waals surface area contributed by atoms with Crippen molar-refractivity contribution in [3.8, 4) is 11.3 Å². The van der Waals surface area contributed by atoms with Crippen molar-refractivity contribution in [1.29, 1.82) is 5.41 Å². The van der Waals surface area contributed by atoms with Crippen LogP contribution >= 0.6 is 35.1 Å². The van der Waals surface area contributed by atoms with Crippen molar-refractivity contribution < 1.29 is 0 Å². The molecule has 2 aromatic rings. The predicted octanol–water partition coefficient (Wildman–Crippen LogP) is 2.58. The maximum atomic E-state index is 7.36. The molecule has 2 heterocycles. The largest absolute Gasteiger partial charge is 0.383 e. The zero-order chi connectivity index (χ0) is 9.26. The number of thiazole rings is 1. The lowest BCUT2D eigenvalue weighted by Crippen LogP contribution is -2.09. The molecule has 0 fully saturated rings. The van der Waals surface area contributed by atoms with Crippen LogP contribution in [0, 0.1) is 5.41 Å². The van der Waals surface area contributed by atoms with Gasteiger partial charge in [-0.15, -0.1) is 35.1 Å². The highest BCUT2D eigenvalue weighted by Crippen LogP contribution is 2.27. The van der Waals surface area contributed by atoms with Gasteiger partial charge in [0.15, 0.2) is 0 Å². The van der Waals surface area contributed by atoms with E-state index < -0.39 is 0 Å². The van der Waals surface area contributed by atoms with Gasteiger partial charge in [-0.25, -0.2) is 4.98 Å². The van der Waals surface area contributed by atoms with E-state index in [1.54, 1.807) is 16.8 Å². The van der Waals surface area contributed by atoms with Gasteiger partial charge in [0.1, 0.15) is 5.84 Å². The molecule has 3 N–H and O–H groups in total. The van der Waals surface area contributed by atoms with E-state index in [9.17, 15) is 0 Å². The highest BCUT2D eigenvalue weighted by Gasteiger charge is 2.09. The number of rotatable bonds is 2. The quantitative estimate of drug-likeness (QED) is 0.631. The van der Waals surface area contributed by atoms with Crippen molar-refractivity contribution in [2.45, 2.75) is 0 Å². The molecule has 0 spiro atoms. The third kappa shape index (κ3) is 1.95. The fourth-order valence-corrected chi connectivity index (χ4v) is 2.38. The zero-order valence-corrected chi connectivity index (χ0v) is 9.51. The van der Waals surface area contributed by atoms with Crippen LogP contribution in [0.4, 0.5) is 0 Å². The molecule has 0 unspecified atom stereocenters. The van der Waals surface area contributed by atoms with E-state index in [0.717, 1.165) is 16.1 Å². The Balaban J connectivity index is 0.000000980. The Kier molecular flexibility index (Phi) is 3.62. The van der Waals surface area contributed by atoms with Crippen LogP contribution in [-0.2, 0) is 0 Å². The van der Waals surface area contributed by atoms with Crippen LogP contribution in [0.2, 0.25) is 0 Å². The highest BCUT2D eigenvalue weighted by atomic mass is 35.5. The molecule has 6 heteroatoms. The Morgan fingerprint density at radius 2 is 2.29 bits per heavy atom. The van der Waals surface area contributed by atoms with Crippen molar-refractivity contribution in [3.05, 3.63) is 27.2 Å². The molecule has 0 radical (unpaired) electrons. The lowest BCUT2D eigenvalue weighted by molar-refractivity contribution is 1.40. The second-order valence-electron chi connectivity index (χ2n) is 2.45. The number of halogens is 1. The Morgan fingerprint density at radius 1 is 1.50 bits per heavy atom. The van der Waals surface area contributed by atoms with E-state index in [1.165, 1.54) is 11.3 Å². The Morgan fingerprint density at radius 3 is 2.86 bits per heavy atom. The molecule has 2 aromatic heterocycles. The Bertz CT molecular complexity index is 421. The first kappa shape index (κ1) is 11.2. The number of thiophene rings is 1. The number of nitrogens with zero attached hydrogens (tertiary/aromatic N) is 1. The van der Waals surface area contributed by atoms with Gasteiger partial charge in [-0.3, -0.25) is 5.41 Å². The van der Waals surface area contributed by atoms with Crippen LogP contribution in [0.25, 0.3) is 11.3 Å². The second-order valence-corrected chi connectivity index (χ2v) is 4.09. The summed E-state index contributed by atoms with van der Waals surface area (Å²) in [6.07, 6.45) is 0. The predicted molar refractivity (Wildman–Crippen MR) is 63.7 cm³/mol. The summed E-state index contributed by atoms with van der Waals surface area (Å²) in [6, 6.07) is 1.94. The smallest absolute Gasteiger partial charge is 0.133 e. The molecule has 14 heavy (non-hydrogen) atoms. The second kappa shape index (κ2) is 4.54. The molecule has 74 valence electrons. The molecule has 0 atom stereocenters. The Hall–Kier alpha value is -0.910. The molecular formula is C8H8ClN3S2. The van der Waals surface area contributed by atoms with E-state index in [-0.39, 0.29) is 18.2 Å². The lowest BCUT2D eigenvalue weighted by Gasteiger charge is -1.96. The van der Waals surface area contributed by atoms with Crippen LogP contribution in [0.5, 0.6) is 0 Å². The van der Waals surface area contributed by atoms with Gasteiger partial charge in [-0.05, 0) is 11.4 Å². The third-order valence-corrected chi connectivity index (χ3v) is 3.15.